The van der Waals surface area contributed by atoms with Gasteiger partial charge in [0.05, 0.1) is 33.3 Å². The smallest absolute Gasteiger partial charge is 0.315 e. The molecular formula is C38H49BrN4O7S. The number of carbonyl (C=O) groups excluding carboxylic acids is 3. The minimum Gasteiger partial charge on any atom is -0.508 e. The third-order valence-corrected chi connectivity index (χ3v) is 11.7. The molecule has 0 spiro atoms. The average molecular weight is 786 g/mol. The van der Waals surface area contributed by atoms with E-state index in [1.807, 2.05) is 38.6 Å². The van der Waals surface area contributed by atoms with Crippen molar-refractivity contribution in [1.82, 2.24) is 10.6 Å². The summed E-state index contributed by atoms with van der Waals surface area (Å²) in [7, 11) is 0. The molecule has 5 rings (SSSR count). The van der Waals surface area contributed by atoms with Crippen molar-refractivity contribution < 1.29 is 34.4 Å². The summed E-state index contributed by atoms with van der Waals surface area (Å²) in [6, 6.07) is 7.56. The highest BCUT2D eigenvalue weighted by Crippen LogP contribution is 2.46. The number of thioether (sulfide) groups is 1. The average Bonchev–Trinajstić information content (AvgIpc) is 3.58. The summed E-state index contributed by atoms with van der Waals surface area (Å²) in [6.45, 7) is 8.31. The third-order valence-electron chi connectivity index (χ3n) is 9.69. The van der Waals surface area contributed by atoms with Gasteiger partial charge in [-0.05, 0) is 78.4 Å². The predicted octanol–water partition coefficient (Wildman–Crippen LogP) is 7.77. The number of hydrogen-bond donors (Lipinski definition) is 6. The highest BCUT2D eigenvalue weighted by atomic mass is 79.9. The van der Waals surface area contributed by atoms with Gasteiger partial charge < -0.3 is 40.9 Å². The van der Waals surface area contributed by atoms with Gasteiger partial charge in [-0.2, -0.15) is 11.8 Å². The second-order valence-corrected chi connectivity index (χ2v) is 17.5. The topological polar surface area (TPSA) is 160 Å². The van der Waals surface area contributed by atoms with Crippen LogP contribution in [-0.2, 0) is 9.53 Å². The van der Waals surface area contributed by atoms with E-state index < -0.39 is 0 Å². The van der Waals surface area contributed by atoms with Crippen LogP contribution in [0.15, 0.2) is 53.6 Å². The summed E-state index contributed by atoms with van der Waals surface area (Å²) in [5.74, 6) is -0.181. The van der Waals surface area contributed by atoms with Gasteiger partial charge in [-0.1, -0.05) is 51.7 Å². The van der Waals surface area contributed by atoms with E-state index >= 15 is 0 Å². The number of phenols is 3. The van der Waals surface area contributed by atoms with Gasteiger partial charge in [0, 0.05) is 36.1 Å². The van der Waals surface area contributed by atoms with E-state index in [0.717, 1.165) is 49.9 Å². The molecule has 3 aliphatic heterocycles. The molecule has 0 aromatic heterocycles. The first-order chi connectivity index (χ1) is 24.2. The van der Waals surface area contributed by atoms with Crippen LogP contribution < -0.4 is 20.9 Å². The van der Waals surface area contributed by atoms with Crippen molar-refractivity contribution in [3.8, 4) is 17.2 Å². The zero-order chi connectivity index (χ0) is 36.9. The number of urea groups is 1. The largest absolute Gasteiger partial charge is 0.508 e. The molecule has 13 heteroatoms. The molecule has 4 unspecified atom stereocenters. The van der Waals surface area contributed by atoms with Crippen molar-refractivity contribution in [2.45, 2.75) is 107 Å². The Labute approximate surface area is 312 Å². The quantitative estimate of drug-likeness (QED) is 0.0202. The Morgan fingerprint density at radius 2 is 1.80 bits per heavy atom. The molecule has 6 N–H and O–H groups in total. The SMILES string of the molecule is CC(=CCN1C(=O)c2cccc(O)c2Nc2c(O)cc(O)cc21)CCC=C(C)CCC(OC(=O)CCCCC1SCC2NC(=O)NC21)C(C)(C)Br. The van der Waals surface area contributed by atoms with Crippen molar-refractivity contribution in [2.75, 3.05) is 22.5 Å². The number of unbranched alkanes of at least 4 members (excludes halogenated alkanes) is 1. The summed E-state index contributed by atoms with van der Waals surface area (Å²) in [5.41, 5.74) is 3.23. The Hall–Kier alpha value is -3.84. The summed E-state index contributed by atoms with van der Waals surface area (Å²) < 4.78 is 5.58. The fraction of sp³-hybridized carbons (Fsp3) is 0.500. The number of nitrogens with zero attached hydrogens (tertiary/aromatic N) is 1. The lowest BCUT2D eigenvalue weighted by atomic mass is 9.98. The Balaban J connectivity index is 1.09. The van der Waals surface area contributed by atoms with E-state index in [1.165, 1.54) is 28.7 Å². The number of allylic oxidation sites excluding steroid dienone is 3. The number of aromatic hydroxyl groups is 3. The Bertz CT molecular complexity index is 1690. The number of para-hydroxylation sites is 1. The van der Waals surface area contributed by atoms with E-state index in [1.54, 1.807) is 12.1 Å². The number of amides is 3. The Morgan fingerprint density at radius 1 is 1.04 bits per heavy atom. The van der Waals surface area contributed by atoms with Gasteiger partial charge in [0.1, 0.15) is 29.0 Å². The number of halogens is 1. The molecule has 276 valence electrons. The molecule has 11 nitrogen and oxygen atoms in total. The van der Waals surface area contributed by atoms with Crippen LogP contribution in [0.1, 0.15) is 89.4 Å². The zero-order valence-corrected chi connectivity index (χ0v) is 32.0. The molecule has 0 saturated carbocycles. The van der Waals surface area contributed by atoms with E-state index in [-0.39, 0.29) is 81.2 Å². The van der Waals surface area contributed by atoms with Gasteiger partial charge in [-0.25, -0.2) is 4.79 Å². The van der Waals surface area contributed by atoms with Crippen LogP contribution in [0.2, 0.25) is 0 Å². The predicted molar refractivity (Wildman–Crippen MR) is 206 cm³/mol. The molecule has 2 saturated heterocycles. The van der Waals surface area contributed by atoms with Crippen LogP contribution in [0.5, 0.6) is 17.2 Å². The minimum atomic E-state index is -0.378. The highest BCUT2D eigenvalue weighted by Gasteiger charge is 2.42. The lowest BCUT2D eigenvalue weighted by Gasteiger charge is -2.29. The molecule has 0 aliphatic carbocycles. The summed E-state index contributed by atoms with van der Waals surface area (Å²) >= 11 is 5.61. The standard InChI is InChI=1S/C38H49BrN4O7S/c1-22(15-16-31(38(3,4)39)50-32(47)14-6-5-13-30-34-26(21-51-30)40-37(49)42-34)9-7-10-23(2)17-18-43-27-19-24(44)20-29(46)35(27)41-33-25(36(43)48)11-8-12-28(33)45/h8-9,11-12,17,19-20,26,30-31,34,41,44-46H,5-7,10,13-16,18,21H2,1-4H3,(H2,40,42,49). The van der Waals surface area contributed by atoms with Crippen LogP contribution in [0.3, 0.4) is 0 Å². The molecule has 3 amide bonds. The lowest BCUT2D eigenvalue weighted by Crippen LogP contribution is -2.36. The Morgan fingerprint density at radius 3 is 2.57 bits per heavy atom. The number of esters is 1. The maximum Gasteiger partial charge on any atom is 0.315 e. The molecule has 2 aromatic carbocycles. The third kappa shape index (κ3) is 9.73. The summed E-state index contributed by atoms with van der Waals surface area (Å²) in [6.07, 6.45) is 9.89. The van der Waals surface area contributed by atoms with Crippen molar-refractivity contribution in [2.24, 2.45) is 0 Å². The second-order valence-electron chi connectivity index (χ2n) is 14.2. The van der Waals surface area contributed by atoms with Crippen molar-refractivity contribution in [3.63, 3.8) is 0 Å². The monoisotopic (exact) mass is 784 g/mol. The molecule has 2 fully saturated rings. The number of anilines is 3. The van der Waals surface area contributed by atoms with Crippen LogP contribution >= 0.6 is 27.7 Å². The number of benzene rings is 2. The van der Waals surface area contributed by atoms with E-state index in [0.29, 0.717) is 23.8 Å². The number of ether oxygens (including phenoxy) is 1. The van der Waals surface area contributed by atoms with Gasteiger partial charge in [0.2, 0.25) is 0 Å². The molecule has 4 atom stereocenters. The van der Waals surface area contributed by atoms with Crippen LogP contribution in [-0.4, -0.2) is 73.3 Å². The first-order valence-electron chi connectivity index (χ1n) is 17.6. The van der Waals surface area contributed by atoms with Gasteiger partial charge in [0.15, 0.2) is 0 Å². The van der Waals surface area contributed by atoms with E-state index in [2.05, 4.69) is 44.9 Å². The normalized spacial score (nSPS) is 20.8. The first-order valence-corrected chi connectivity index (χ1v) is 19.4. The number of fused-ring (bicyclic) bond motifs is 3. The molecule has 3 aliphatic rings. The number of hydrogen-bond acceptors (Lipinski definition) is 9. The first kappa shape index (κ1) is 38.4. The second kappa shape index (κ2) is 16.7. The number of nitrogens with one attached hydrogen (secondary N) is 3. The fourth-order valence-electron chi connectivity index (χ4n) is 6.72. The van der Waals surface area contributed by atoms with Gasteiger partial charge in [-0.15, -0.1) is 0 Å². The number of alkyl halides is 1. The number of carbonyl (C=O) groups is 3. The van der Waals surface area contributed by atoms with Crippen molar-refractivity contribution >= 4 is 62.7 Å². The van der Waals surface area contributed by atoms with Crippen LogP contribution in [0.4, 0.5) is 21.9 Å². The number of rotatable bonds is 15. The van der Waals surface area contributed by atoms with Gasteiger partial charge >= 0.3 is 12.0 Å². The van der Waals surface area contributed by atoms with Crippen LogP contribution in [0.25, 0.3) is 0 Å². The molecule has 0 radical (unpaired) electrons. The fourth-order valence-corrected chi connectivity index (χ4v) is 8.59. The molecule has 2 aromatic rings. The lowest BCUT2D eigenvalue weighted by molar-refractivity contribution is -0.150. The Kier molecular flexibility index (Phi) is 12.5. The van der Waals surface area contributed by atoms with Gasteiger partial charge in [-0.3, -0.25) is 9.59 Å². The zero-order valence-electron chi connectivity index (χ0n) is 29.6. The minimum absolute atomic E-state index is 0.0801. The van der Waals surface area contributed by atoms with Crippen LogP contribution in [0, 0.1) is 0 Å². The molecular weight excluding hydrogens is 736 g/mol. The molecule has 0 bridgehead atoms. The summed E-state index contributed by atoms with van der Waals surface area (Å²) in [4.78, 5) is 39.5. The van der Waals surface area contributed by atoms with Crippen molar-refractivity contribution in [1.29, 1.82) is 0 Å². The number of phenolic OH excluding ortho intramolecular Hbond substituents is 3. The van der Waals surface area contributed by atoms with E-state index in [9.17, 15) is 29.7 Å². The molecule has 51 heavy (non-hydrogen) atoms. The maximum atomic E-state index is 13.6. The van der Waals surface area contributed by atoms with E-state index in [4.69, 9.17) is 4.74 Å². The van der Waals surface area contributed by atoms with Gasteiger partial charge in [0.25, 0.3) is 5.91 Å². The molecule has 3 heterocycles. The van der Waals surface area contributed by atoms with Crippen molar-refractivity contribution in [3.05, 3.63) is 59.2 Å². The summed E-state index contributed by atoms with van der Waals surface area (Å²) in [5, 5.41) is 40.6. The highest BCUT2D eigenvalue weighted by molar-refractivity contribution is 9.10. The maximum absolute atomic E-state index is 13.6.